The fourth-order valence-electron chi connectivity index (χ4n) is 3.42. The van der Waals surface area contributed by atoms with Gasteiger partial charge in [0.2, 0.25) is 0 Å². The maximum atomic E-state index is 13.0. The van der Waals surface area contributed by atoms with Crippen LogP contribution in [0.15, 0.2) is 73.2 Å². The highest BCUT2D eigenvalue weighted by Gasteiger charge is 2.10. The number of nitrogens with zero attached hydrogens (tertiary/aromatic N) is 1. The molecule has 5 nitrogen and oxygen atoms in total. The van der Waals surface area contributed by atoms with Crippen molar-refractivity contribution in [1.82, 2.24) is 10.3 Å². The molecule has 0 spiro atoms. The molecule has 4 aromatic rings. The minimum atomic E-state index is -0.248. The third kappa shape index (κ3) is 4.49. The lowest BCUT2D eigenvalue weighted by molar-refractivity contribution is -0.688. The Morgan fingerprint density at radius 2 is 1.87 bits per heavy atom. The summed E-state index contributed by atoms with van der Waals surface area (Å²) in [5.41, 5.74) is 3.78. The van der Waals surface area contributed by atoms with Crippen LogP contribution in [0, 0.1) is 5.82 Å². The Morgan fingerprint density at radius 3 is 2.60 bits per heavy atom. The first-order valence-electron chi connectivity index (χ1n) is 9.78. The van der Waals surface area contributed by atoms with Gasteiger partial charge in [0.15, 0.2) is 18.9 Å². The molecule has 30 heavy (non-hydrogen) atoms. The average molecular weight is 404 g/mol. The lowest BCUT2D eigenvalue weighted by atomic mass is 10.1. The lowest BCUT2D eigenvalue weighted by Gasteiger charge is -2.05. The summed E-state index contributed by atoms with van der Waals surface area (Å²) in [6.45, 7) is 1.15. The number of carbonyl (C=O) groups is 1. The number of rotatable bonds is 7. The summed E-state index contributed by atoms with van der Waals surface area (Å²) in [7, 11) is 1.65. The predicted octanol–water partition coefficient (Wildman–Crippen LogP) is 3.62. The number of halogens is 1. The van der Waals surface area contributed by atoms with Crippen LogP contribution < -0.4 is 14.6 Å². The molecule has 0 aliphatic rings. The lowest BCUT2D eigenvalue weighted by Crippen LogP contribution is -2.34. The summed E-state index contributed by atoms with van der Waals surface area (Å²) >= 11 is 0. The highest BCUT2D eigenvalue weighted by atomic mass is 19.1. The minimum Gasteiger partial charge on any atom is -0.497 e. The van der Waals surface area contributed by atoms with Crippen molar-refractivity contribution < 1.29 is 18.5 Å². The van der Waals surface area contributed by atoms with Gasteiger partial charge in [-0.05, 0) is 54.4 Å². The molecule has 0 atom stereocenters. The topological polar surface area (TPSA) is 58.0 Å². The molecule has 0 fully saturated rings. The second-order valence-corrected chi connectivity index (χ2v) is 7.12. The quantitative estimate of drug-likeness (QED) is 0.462. The number of amides is 1. The number of fused-ring (bicyclic) bond motifs is 1. The summed E-state index contributed by atoms with van der Waals surface area (Å²) in [6.07, 6.45) is 6.39. The molecule has 2 N–H and O–H groups in total. The van der Waals surface area contributed by atoms with Crippen molar-refractivity contribution in [3.63, 3.8) is 0 Å². The zero-order valence-corrected chi connectivity index (χ0v) is 16.7. The van der Waals surface area contributed by atoms with Gasteiger partial charge in [-0.1, -0.05) is 0 Å². The standard InChI is InChI=1S/C24H22FN3O2/c1-30-21-6-7-23-22(14-21)19(15-27-23)8-11-26-24(29)18-9-12-28(13-10-18)16-17-2-4-20(25)5-3-17/h2-7,9-10,12-15,27H,8,11,16H2,1H3/p+1. The zero-order valence-electron chi connectivity index (χ0n) is 16.7. The minimum absolute atomic E-state index is 0.110. The normalized spacial score (nSPS) is 10.9. The predicted molar refractivity (Wildman–Crippen MR) is 113 cm³/mol. The number of ether oxygens (including phenoxy) is 1. The summed E-state index contributed by atoms with van der Waals surface area (Å²) in [5, 5.41) is 4.07. The molecule has 0 saturated carbocycles. The molecule has 4 rings (SSSR count). The second kappa shape index (κ2) is 8.78. The molecule has 1 amide bonds. The monoisotopic (exact) mass is 404 g/mol. The fraction of sp³-hybridized carbons (Fsp3) is 0.167. The Kier molecular flexibility index (Phi) is 5.75. The van der Waals surface area contributed by atoms with E-state index in [0.29, 0.717) is 18.7 Å². The average Bonchev–Trinajstić information content (AvgIpc) is 3.18. The highest BCUT2D eigenvalue weighted by molar-refractivity contribution is 5.94. The van der Waals surface area contributed by atoms with E-state index in [1.165, 1.54) is 12.1 Å². The number of H-pyrrole nitrogens is 1. The molecule has 2 aromatic heterocycles. The van der Waals surface area contributed by atoms with Gasteiger partial charge in [-0.3, -0.25) is 4.79 Å². The summed E-state index contributed by atoms with van der Waals surface area (Å²) < 4.78 is 20.3. The maximum Gasteiger partial charge on any atom is 0.251 e. The smallest absolute Gasteiger partial charge is 0.251 e. The van der Waals surface area contributed by atoms with Gasteiger partial charge in [-0.25, -0.2) is 8.96 Å². The van der Waals surface area contributed by atoms with Gasteiger partial charge < -0.3 is 15.0 Å². The van der Waals surface area contributed by atoms with Gasteiger partial charge in [0.05, 0.1) is 12.7 Å². The van der Waals surface area contributed by atoms with Crippen LogP contribution in [0.3, 0.4) is 0 Å². The number of methoxy groups -OCH3 is 1. The van der Waals surface area contributed by atoms with Crippen LogP contribution in [0.4, 0.5) is 4.39 Å². The van der Waals surface area contributed by atoms with Crippen molar-refractivity contribution in [2.24, 2.45) is 0 Å². The largest absolute Gasteiger partial charge is 0.497 e. The third-order valence-corrected chi connectivity index (χ3v) is 5.09. The van der Waals surface area contributed by atoms with E-state index in [4.69, 9.17) is 4.74 Å². The number of benzene rings is 2. The molecule has 2 aromatic carbocycles. The number of nitrogens with one attached hydrogen (secondary N) is 2. The molecule has 0 aliphatic heterocycles. The second-order valence-electron chi connectivity index (χ2n) is 7.12. The van der Waals surface area contributed by atoms with Crippen molar-refractivity contribution in [2.45, 2.75) is 13.0 Å². The van der Waals surface area contributed by atoms with Crippen LogP contribution >= 0.6 is 0 Å². The van der Waals surface area contributed by atoms with E-state index >= 15 is 0 Å². The van der Waals surface area contributed by atoms with E-state index in [9.17, 15) is 9.18 Å². The Morgan fingerprint density at radius 1 is 1.10 bits per heavy atom. The molecular formula is C24H23FN3O2+. The molecule has 2 heterocycles. The molecule has 0 unspecified atom stereocenters. The molecular weight excluding hydrogens is 381 g/mol. The summed E-state index contributed by atoms with van der Waals surface area (Å²) in [4.78, 5) is 15.7. The van der Waals surface area contributed by atoms with Crippen LogP contribution in [0.1, 0.15) is 21.5 Å². The first kappa shape index (κ1) is 19.6. The first-order chi connectivity index (χ1) is 14.6. The van der Waals surface area contributed by atoms with E-state index in [0.717, 1.165) is 34.2 Å². The van der Waals surface area contributed by atoms with Crippen molar-refractivity contribution in [1.29, 1.82) is 0 Å². The van der Waals surface area contributed by atoms with Crippen LogP contribution in [0.25, 0.3) is 10.9 Å². The van der Waals surface area contributed by atoms with Gasteiger partial charge in [-0.2, -0.15) is 0 Å². The van der Waals surface area contributed by atoms with Crippen molar-refractivity contribution in [3.05, 3.63) is 95.7 Å². The van der Waals surface area contributed by atoms with E-state index < -0.39 is 0 Å². The number of aromatic amines is 1. The maximum absolute atomic E-state index is 13.0. The van der Waals surface area contributed by atoms with Gasteiger partial charge in [0, 0.05) is 41.3 Å². The number of pyridine rings is 1. The van der Waals surface area contributed by atoms with E-state index in [1.54, 1.807) is 31.4 Å². The summed E-state index contributed by atoms with van der Waals surface area (Å²) in [5.74, 6) is 0.453. The van der Waals surface area contributed by atoms with Crippen molar-refractivity contribution in [2.75, 3.05) is 13.7 Å². The molecule has 6 heteroatoms. The number of aromatic nitrogens is 2. The van der Waals surface area contributed by atoms with E-state index in [2.05, 4.69) is 10.3 Å². The highest BCUT2D eigenvalue weighted by Crippen LogP contribution is 2.23. The van der Waals surface area contributed by atoms with Crippen LogP contribution in [0.2, 0.25) is 0 Å². The SMILES string of the molecule is COc1ccc2[nH]cc(CCNC(=O)c3cc[n+](Cc4ccc(F)cc4)cc3)c2c1. The van der Waals surface area contributed by atoms with Crippen LogP contribution in [-0.2, 0) is 13.0 Å². The van der Waals surface area contributed by atoms with Gasteiger partial charge >= 0.3 is 0 Å². The molecule has 0 bridgehead atoms. The van der Waals surface area contributed by atoms with Crippen LogP contribution in [-0.4, -0.2) is 24.5 Å². The Balaban J connectivity index is 1.33. The molecule has 152 valence electrons. The molecule has 0 saturated heterocycles. The van der Waals surface area contributed by atoms with Crippen molar-refractivity contribution >= 4 is 16.8 Å². The number of carbonyl (C=O) groups excluding carboxylic acids is 1. The van der Waals surface area contributed by atoms with E-state index in [1.807, 2.05) is 41.4 Å². The Hall–Kier alpha value is -3.67. The number of hydrogen-bond donors (Lipinski definition) is 2. The Bertz CT molecular complexity index is 1150. The van der Waals surface area contributed by atoms with Crippen molar-refractivity contribution in [3.8, 4) is 5.75 Å². The zero-order chi connectivity index (χ0) is 20.9. The molecule has 0 aliphatic carbocycles. The van der Waals surface area contributed by atoms with Gasteiger partial charge in [-0.15, -0.1) is 0 Å². The fourth-order valence-corrected chi connectivity index (χ4v) is 3.42. The van der Waals surface area contributed by atoms with E-state index in [-0.39, 0.29) is 11.7 Å². The van der Waals surface area contributed by atoms with Gasteiger partial charge in [0.25, 0.3) is 5.91 Å². The van der Waals surface area contributed by atoms with Crippen LogP contribution in [0.5, 0.6) is 5.75 Å². The summed E-state index contributed by atoms with van der Waals surface area (Å²) in [6, 6.07) is 15.9. The Labute approximate surface area is 174 Å². The first-order valence-corrected chi connectivity index (χ1v) is 9.78. The third-order valence-electron chi connectivity index (χ3n) is 5.09. The molecule has 0 radical (unpaired) electrons. The van der Waals surface area contributed by atoms with Gasteiger partial charge in [0.1, 0.15) is 11.6 Å². The number of hydrogen-bond acceptors (Lipinski definition) is 2.